The van der Waals surface area contributed by atoms with Crippen molar-refractivity contribution in [3.8, 4) is 16.9 Å². The highest BCUT2D eigenvalue weighted by Gasteiger charge is 2.28. The van der Waals surface area contributed by atoms with Crippen LogP contribution in [0.1, 0.15) is 28.9 Å². The van der Waals surface area contributed by atoms with Crippen molar-refractivity contribution in [2.45, 2.75) is 19.4 Å². The molecule has 0 aliphatic carbocycles. The van der Waals surface area contributed by atoms with Crippen molar-refractivity contribution < 1.29 is 14.4 Å². The third-order valence-electron chi connectivity index (χ3n) is 5.79. The Labute approximate surface area is 206 Å². The van der Waals surface area contributed by atoms with Crippen LogP contribution in [0.3, 0.4) is 0 Å². The molecular formula is C27H21ClN4O3. The Balaban J connectivity index is 1.39. The van der Waals surface area contributed by atoms with Gasteiger partial charge in [0.15, 0.2) is 0 Å². The van der Waals surface area contributed by atoms with E-state index in [1.165, 1.54) is 4.90 Å². The molecule has 5 rings (SSSR count). The summed E-state index contributed by atoms with van der Waals surface area (Å²) in [5.41, 5.74) is 4.02. The molecule has 1 aliphatic rings. The van der Waals surface area contributed by atoms with Gasteiger partial charge in [-0.2, -0.15) is 5.10 Å². The molecule has 0 spiro atoms. The van der Waals surface area contributed by atoms with Crippen molar-refractivity contribution in [1.29, 1.82) is 0 Å². The first kappa shape index (κ1) is 22.6. The maximum absolute atomic E-state index is 13.3. The smallest absolute Gasteiger partial charge is 0.274 e. The van der Waals surface area contributed by atoms with Crippen LogP contribution >= 0.6 is 11.6 Å². The standard InChI is InChI=1S/C27H21ClN4O3/c28-20-10-8-19(9-11-20)23-16-24(32(30-23)22-4-2-1-3-5-22)27(35)29-21-12-6-18(7-13-21)17-31-25(33)14-15-26(31)34/h1-13,16H,14-15,17H2,(H,29,35). The minimum absolute atomic E-state index is 0.155. The number of imide groups is 1. The van der Waals surface area contributed by atoms with E-state index in [1.54, 1.807) is 47.1 Å². The number of likely N-dealkylation sites (tertiary alicyclic amines) is 1. The summed E-state index contributed by atoms with van der Waals surface area (Å²) in [5.74, 6) is -0.629. The highest BCUT2D eigenvalue weighted by atomic mass is 35.5. The van der Waals surface area contributed by atoms with E-state index in [2.05, 4.69) is 10.4 Å². The maximum Gasteiger partial charge on any atom is 0.274 e. The maximum atomic E-state index is 13.3. The monoisotopic (exact) mass is 484 g/mol. The van der Waals surface area contributed by atoms with E-state index in [9.17, 15) is 14.4 Å². The zero-order valence-electron chi connectivity index (χ0n) is 18.6. The molecule has 1 N–H and O–H groups in total. The first-order valence-electron chi connectivity index (χ1n) is 11.1. The number of hydrogen-bond donors (Lipinski definition) is 1. The second-order valence-electron chi connectivity index (χ2n) is 8.19. The predicted molar refractivity (Wildman–Crippen MR) is 133 cm³/mol. The number of amides is 3. The molecule has 3 aromatic carbocycles. The highest BCUT2D eigenvalue weighted by Crippen LogP contribution is 2.24. The van der Waals surface area contributed by atoms with Gasteiger partial charge < -0.3 is 5.32 Å². The van der Waals surface area contributed by atoms with Crippen LogP contribution in [-0.2, 0) is 16.1 Å². The Hall–Kier alpha value is -4.23. The lowest BCUT2D eigenvalue weighted by atomic mass is 10.1. The molecule has 1 aromatic heterocycles. The summed E-state index contributed by atoms with van der Waals surface area (Å²) < 4.78 is 1.61. The Morgan fingerprint density at radius 3 is 2.20 bits per heavy atom. The van der Waals surface area contributed by atoms with Crippen molar-refractivity contribution >= 4 is 35.0 Å². The summed E-state index contributed by atoms with van der Waals surface area (Å²) in [4.78, 5) is 38.3. The van der Waals surface area contributed by atoms with Gasteiger partial charge in [-0.1, -0.05) is 54.1 Å². The quantitative estimate of drug-likeness (QED) is 0.386. The molecule has 7 nitrogen and oxygen atoms in total. The van der Waals surface area contributed by atoms with E-state index in [-0.39, 0.29) is 37.1 Å². The number of hydrogen-bond acceptors (Lipinski definition) is 4. The first-order valence-corrected chi connectivity index (χ1v) is 11.5. The van der Waals surface area contributed by atoms with Gasteiger partial charge >= 0.3 is 0 Å². The average molecular weight is 485 g/mol. The molecule has 0 saturated carbocycles. The minimum atomic E-state index is -0.320. The molecule has 0 atom stereocenters. The van der Waals surface area contributed by atoms with Crippen LogP contribution in [0.25, 0.3) is 16.9 Å². The molecule has 8 heteroatoms. The van der Waals surface area contributed by atoms with Crippen LogP contribution in [0, 0.1) is 0 Å². The van der Waals surface area contributed by atoms with Gasteiger partial charge in [-0.25, -0.2) is 4.68 Å². The molecule has 0 radical (unpaired) electrons. The number of anilines is 1. The zero-order valence-corrected chi connectivity index (χ0v) is 19.4. The van der Waals surface area contributed by atoms with Gasteiger partial charge in [-0.05, 0) is 48.0 Å². The molecule has 1 saturated heterocycles. The van der Waals surface area contributed by atoms with Gasteiger partial charge in [0.25, 0.3) is 5.91 Å². The van der Waals surface area contributed by atoms with E-state index < -0.39 is 0 Å². The number of halogens is 1. The Bertz CT molecular complexity index is 1380. The van der Waals surface area contributed by atoms with Crippen molar-refractivity contribution in [1.82, 2.24) is 14.7 Å². The van der Waals surface area contributed by atoms with E-state index in [0.29, 0.717) is 22.1 Å². The molecule has 174 valence electrons. The number of carbonyl (C=O) groups excluding carboxylic acids is 3. The summed E-state index contributed by atoms with van der Waals surface area (Å²) in [6.45, 7) is 0.233. The largest absolute Gasteiger partial charge is 0.321 e. The molecule has 3 amide bonds. The van der Waals surface area contributed by atoms with Gasteiger partial charge in [-0.15, -0.1) is 0 Å². The summed E-state index contributed by atoms with van der Waals surface area (Å²) in [6.07, 6.45) is 0.528. The summed E-state index contributed by atoms with van der Waals surface area (Å²) in [5, 5.41) is 8.21. The molecule has 1 aliphatic heterocycles. The van der Waals surface area contributed by atoms with E-state index in [1.807, 2.05) is 42.5 Å². The van der Waals surface area contributed by atoms with Crippen molar-refractivity contribution in [3.63, 3.8) is 0 Å². The van der Waals surface area contributed by atoms with E-state index >= 15 is 0 Å². The van der Waals surface area contributed by atoms with Crippen LogP contribution in [0.2, 0.25) is 5.02 Å². The number of para-hydroxylation sites is 1. The molecule has 2 heterocycles. The van der Waals surface area contributed by atoms with Crippen LogP contribution in [0.15, 0.2) is 84.9 Å². The van der Waals surface area contributed by atoms with Gasteiger partial charge in [0.05, 0.1) is 17.9 Å². The Morgan fingerprint density at radius 2 is 1.54 bits per heavy atom. The first-order chi connectivity index (χ1) is 17.0. The second kappa shape index (κ2) is 9.56. The van der Waals surface area contributed by atoms with E-state index in [4.69, 9.17) is 11.6 Å². The van der Waals surface area contributed by atoms with Crippen LogP contribution in [-0.4, -0.2) is 32.4 Å². The molecule has 0 bridgehead atoms. The molecule has 35 heavy (non-hydrogen) atoms. The summed E-state index contributed by atoms with van der Waals surface area (Å²) >= 11 is 6.02. The van der Waals surface area contributed by atoms with Crippen molar-refractivity contribution in [2.24, 2.45) is 0 Å². The summed E-state index contributed by atoms with van der Waals surface area (Å²) in [7, 11) is 0. The molecule has 1 fully saturated rings. The highest BCUT2D eigenvalue weighted by molar-refractivity contribution is 6.30. The van der Waals surface area contributed by atoms with E-state index in [0.717, 1.165) is 16.8 Å². The van der Waals surface area contributed by atoms with Crippen LogP contribution < -0.4 is 5.32 Å². The third-order valence-corrected chi connectivity index (χ3v) is 6.04. The normalized spacial score (nSPS) is 13.3. The zero-order chi connectivity index (χ0) is 24.4. The van der Waals surface area contributed by atoms with Gasteiger partial charge in [0.1, 0.15) is 5.69 Å². The predicted octanol–water partition coefficient (Wildman–Crippen LogP) is 5.09. The molecule has 4 aromatic rings. The fraction of sp³-hybridized carbons (Fsp3) is 0.111. The number of rotatable bonds is 6. The lowest BCUT2D eigenvalue weighted by Gasteiger charge is -2.14. The number of nitrogens with zero attached hydrogens (tertiary/aromatic N) is 3. The fourth-order valence-corrected chi connectivity index (χ4v) is 4.07. The average Bonchev–Trinajstić information content (AvgIpc) is 3.46. The number of aromatic nitrogens is 2. The van der Waals surface area contributed by atoms with Crippen LogP contribution in [0.5, 0.6) is 0 Å². The second-order valence-corrected chi connectivity index (χ2v) is 8.63. The number of benzene rings is 3. The fourth-order valence-electron chi connectivity index (χ4n) is 3.94. The topological polar surface area (TPSA) is 84.3 Å². The summed E-state index contributed by atoms with van der Waals surface area (Å²) in [6, 6.07) is 25.5. The SMILES string of the molecule is O=C(Nc1ccc(CN2C(=O)CCC2=O)cc1)c1cc(-c2ccc(Cl)cc2)nn1-c1ccccc1. The van der Waals surface area contributed by atoms with Gasteiger partial charge in [0.2, 0.25) is 11.8 Å². The van der Waals surface area contributed by atoms with Gasteiger partial charge in [0, 0.05) is 29.1 Å². The number of nitrogens with one attached hydrogen (secondary N) is 1. The lowest BCUT2D eigenvalue weighted by molar-refractivity contribution is -0.139. The lowest BCUT2D eigenvalue weighted by Crippen LogP contribution is -2.28. The minimum Gasteiger partial charge on any atom is -0.321 e. The Kier molecular flexibility index (Phi) is 6.16. The molecule has 0 unspecified atom stereocenters. The number of carbonyl (C=O) groups is 3. The third kappa shape index (κ3) is 4.85. The molecular weight excluding hydrogens is 464 g/mol. The Morgan fingerprint density at radius 1 is 0.886 bits per heavy atom. The van der Waals surface area contributed by atoms with Gasteiger partial charge in [-0.3, -0.25) is 19.3 Å². The van der Waals surface area contributed by atoms with Crippen LogP contribution in [0.4, 0.5) is 5.69 Å². The van der Waals surface area contributed by atoms with Crippen molar-refractivity contribution in [3.05, 3.63) is 101 Å². The van der Waals surface area contributed by atoms with Crippen molar-refractivity contribution in [2.75, 3.05) is 5.32 Å².